The monoisotopic (exact) mass is 246 g/mol. The van der Waals surface area contributed by atoms with Gasteiger partial charge in [0.05, 0.1) is 11.1 Å². The summed E-state index contributed by atoms with van der Waals surface area (Å²) in [7, 11) is 0. The summed E-state index contributed by atoms with van der Waals surface area (Å²) >= 11 is 1.35. The molecule has 0 bridgehead atoms. The molecule has 17 heavy (non-hydrogen) atoms. The fourth-order valence-electron chi connectivity index (χ4n) is 1.22. The van der Waals surface area contributed by atoms with Crippen molar-refractivity contribution in [2.75, 3.05) is 0 Å². The van der Waals surface area contributed by atoms with Crippen molar-refractivity contribution in [1.82, 2.24) is 5.43 Å². The molecule has 5 heteroatoms. The molecule has 0 spiro atoms. The van der Waals surface area contributed by atoms with E-state index in [1.54, 1.807) is 36.4 Å². The van der Waals surface area contributed by atoms with E-state index in [9.17, 15) is 9.90 Å². The van der Waals surface area contributed by atoms with Crippen molar-refractivity contribution in [3.05, 3.63) is 52.2 Å². The molecule has 1 aromatic carbocycles. The number of hydrogen-bond donors (Lipinski definition) is 2. The Morgan fingerprint density at radius 1 is 1.29 bits per heavy atom. The predicted molar refractivity (Wildman–Crippen MR) is 67.5 cm³/mol. The third-order valence-corrected chi connectivity index (χ3v) is 2.92. The summed E-state index contributed by atoms with van der Waals surface area (Å²) < 4.78 is 0. The SMILES string of the molecule is O=C(N/N=C\c1ccccc1O)c1cccs1. The predicted octanol–water partition coefficient (Wildman–Crippen LogP) is 2.22. The van der Waals surface area contributed by atoms with E-state index in [4.69, 9.17) is 0 Å². The van der Waals surface area contributed by atoms with Gasteiger partial charge in [0.2, 0.25) is 0 Å². The zero-order chi connectivity index (χ0) is 12.1. The first-order chi connectivity index (χ1) is 8.27. The van der Waals surface area contributed by atoms with Crippen LogP contribution in [0.25, 0.3) is 0 Å². The van der Waals surface area contributed by atoms with Gasteiger partial charge in [-0.15, -0.1) is 11.3 Å². The summed E-state index contributed by atoms with van der Waals surface area (Å²) in [6.45, 7) is 0. The molecule has 86 valence electrons. The van der Waals surface area contributed by atoms with E-state index in [2.05, 4.69) is 10.5 Å². The van der Waals surface area contributed by atoms with Crippen molar-refractivity contribution < 1.29 is 9.90 Å². The second kappa shape index (κ2) is 5.27. The van der Waals surface area contributed by atoms with Gasteiger partial charge in [-0.25, -0.2) is 5.43 Å². The van der Waals surface area contributed by atoms with Crippen molar-refractivity contribution in [3.8, 4) is 5.75 Å². The number of phenolic OH excluding ortho intramolecular Hbond substituents is 1. The first kappa shape index (κ1) is 11.3. The van der Waals surface area contributed by atoms with Gasteiger partial charge < -0.3 is 5.11 Å². The van der Waals surface area contributed by atoms with Crippen LogP contribution in [0, 0.1) is 0 Å². The number of carbonyl (C=O) groups excluding carboxylic acids is 1. The molecule has 0 aliphatic carbocycles. The van der Waals surface area contributed by atoms with Gasteiger partial charge in [0.25, 0.3) is 5.91 Å². The molecule has 1 aromatic heterocycles. The molecule has 2 rings (SSSR count). The van der Waals surface area contributed by atoms with Crippen LogP contribution < -0.4 is 5.43 Å². The van der Waals surface area contributed by atoms with Gasteiger partial charge in [0.15, 0.2) is 0 Å². The Kier molecular flexibility index (Phi) is 3.52. The molecule has 0 saturated carbocycles. The number of para-hydroxylation sites is 1. The molecule has 1 amide bonds. The summed E-state index contributed by atoms with van der Waals surface area (Å²) in [5, 5.41) is 15.1. The van der Waals surface area contributed by atoms with Gasteiger partial charge >= 0.3 is 0 Å². The number of phenols is 1. The lowest BCUT2D eigenvalue weighted by Crippen LogP contribution is -2.16. The lowest BCUT2D eigenvalue weighted by Gasteiger charge is -1.97. The van der Waals surface area contributed by atoms with Crippen LogP contribution in [0.3, 0.4) is 0 Å². The van der Waals surface area contributed by atoms with Gasteiger partial charge in [0, 0.05) is 5.56 Å². The van der Waals surface area contributed by atoms with Gasteiger partial charge in [-0.1, -0.05) is 18.2 Å². The van der Waals surface area contributed by atoms with Gasteiger partial charge in [-0.05, 0) is 23.6 Å². The first-order valence-corrected chi connectivity index (χ1v) is 5.80. The van der Waals surface area contributed by atoms with Crippen LogP contribution >= 0.6 is 11.3 Å². The average molecular weight is 246 g/mol. The van der Waals surface area contributed by atoms with Crippen molar-refractivity contribution in [1.29, 1.82) is 0 Å². The summed E-state index contributed by atoms with van der Waals surface area (Å²) in [6, 6.07) is 10.3. The highest BCUT2D eigenvalue weighted by atomic mass is 32.1. The number of rotatable bonds is 3. The van der Waals surface area contributed by atoms with Gasteiger partial charge in [-0.3, -0.25) is 4.79 Å². The maximum Gasteiger partial charge on any atom is 0.281 e. The lowest BCUT2D eigenvalue weighted by molar-refractivity contribution is 0.0959. The topological polar surface area (TPSA) is 61.7 Å². The minimum absolute atomic E-state index is 0.127. The summed E-state index contributed by atoms with van der Waals surface area (Å²) in [5.74, 6) is -0.131. The van der Waals surface area contributed by atoms with Crippen LogP contribution in [0.5, 0.6) is 5.75 Å². The number of amides is 1. The van der Waals surface area contributed by atoms with E-state index < -0.39 is 0 Å². The smallest absolute Gasteiger partial charge is 0.281 e. The molecule has 0 atom stereocenters. The highest BCUT2D eigenvalue weighted by Crippen LogP contribution is 2.12. The van der Waals surface area contributed by atoms with Crippen molar-refractivity contribution in [2.45, 2.75) is 0 Å². The second-order valence-corrected chi connectivity index (χ2v) is 4.18. The Morgan fingerprint density at radius 3 is 2.82 bits per heavy atom. The second-order valence-electron chi connectivity index (χ2n) is 3.24. The molecule has 0 radical (unpaired) electrons. The fraction of sp³-hybridized carbons (Fsp3) is 0. The number of carbonyl (C=O) groups is 1. The molecule has 0 unspecified atom stereocenters. The maximum absolute atomic E-state index is 11.5. The Morgan fingerprint density at radius 2 is 2.12 bits per heavy atom. The normalized spacial score (nSPS) is 10.6. The number of nitrogens with zero attached hydrogens (tertiary/aromatic N) is 1. The molecule has 2 aromatic rings. The third-order valence-electron chi connectivity index (χ3n) is 2.05. The summed E-state index contributed by atoms with van der Waals surface area (Å²) in [4.78, 5) is 12.1. The average Bonchev–Trinajstić information content (AvgIpc) is 2.85. The number of hydrogen-bond acceptors (Lipinski definition) is 4. The minimum atomic E-state index is -0.258. The number of aromatic hydroxyl groups is 1. The molecule has 4 nitrogen and oxygen atoms in total. The molecular weight excluding hydrogens is 236 g/mol. The molecule has 0 aliphatic heterocycles. The lowest BCUT2D eigenvalue weighted by atomic mass is 10.2. The molecule has 0 saturated heterocycles. The Labute approximate surface area is 102 Å². The summed E-state index contributed by atoms with van der Waals surface area (Å²) in [6.07, 6.45) is 1.40. The quantitative estimate of drug-likeness (QED) is 0.644. The van der Waals surface area contributed by atoms with Crippen LogP contribution in [-0.2, 0) is 0 Å². The van der Waals surface area contributed by atoms with E-state index in [-0.39, 0.29) is 11.7 Å². The van der Waals surface area contributed by atoms with Crippen LogP contribution in [-0.4, -0.2) is 17.2 Å². The van der Waals surface area contributed by atoms with Crippen LogP contribution in [0.15, 0.2) is 46.9 Å². The number of thiophene rings is 1. The standard InChI is InChI=1S/C12H10N2O2S/c15-10-5-2-1-4-9(10)8-13-14-12(16)11-6-3-7-17-11/h1-8,15H,(H,14,16)/b13-8-. The summed E-state index contributed by atoms with van der Waals surface area (Å²) in [5.41, 5.74) is 2.95. The van der Waals surface area contributed by atoms with Crippen LogP contribution in [0.4, 0.5) is 0 Å². The zero-order valence-corrected chi connectivity index (χ0v) is 9.65. The van der Waals surface area contributed by atoms with Crippen LogP contribution in [0.2, 0.25) is 0 Å². The molecule has 1 heterocycles. The number of nitrogens with one attached hydrogen (secondary N) is 1. The molecular formula is C12H10N2O2S. The van der Waals surface area contributed by atoms with Gasteiger partial charge in [-0.2, -0.15) is 5.10 Å². The Bertz CT molecular complexity index is 535. The highest BCUT2D eigenvalue weighted by Gasteiger charge is 2.03. The van der Waals surface area contributed by atoms with E-state index in [0.717, 1.165) is 0 Å². The third kappa shape index (κ3) is 2.92. The molecule has 0 aliphatic rings. The van der Waals surface area contributed by atoms with E-state index >= 15 is 0 Å². The molecule has 2 N–H and O–H groups in total. The van der Waals surface area contributed by atoms with Crippen molar-refractivity contribution in [3.63, 3.8) is 0 Å². The Hall–Kier alpha value is -2.14. The van der Waals surface area contributed by atoms with Crippen molar-refractivity contribution in [2.24, 2.45) is 5.10 Å². The van der Waals surface area contributed by atoms with Crippen LogP contribution in [0.1, 0.15) is 15.2 Å². The van der Waals surface area contributed by atoms with Gasteiger partial charge in [0.1, 0.15) is 5.75 Å². The van der Waals surface area contributed by atoms with Crippen molar-refractivity contribution >= 4 is 23.5 Å². The largest absolute Gasteiger partial charge is 0.507 e. The molecule has 0 fully saturated rings. The number of hydrazone groups is 1. The van der Waals surface area contributed by atoms with E-state index in [1.807, 2.05) is 5.38 Å². The minimum Gasteiger partial charge on any atom is -0.507 e. The highest BCUT2D eigenvalue weighted by molar-refractivity contribution is 7.12. The Balaban J connectivity index is 1.99. The zero-order valence-electron chi connectivity index (χ0n) is 8.83. The number of benzene rings is 1. The fourth-order valence-corrected chi connectivity index (χ4v) is 1.83. The van der Waals surface area contributed by atoms with E-state index in [0.29, 0.717) is 10.4 Å². The first-order valence-electron chi connectivity index (χ1n) is 4.92. The van der Waals surface area contributed by atoms with E-state index in [1.165, 1.54) is 17.6 Å². The maximum atomic E-state index is 11.5.